The Labute approximate surface area is 149 Å². The van der Waals surface area contributed by atoms with Gasteiger partial charge in [0.15, 0.2) is 0 Å². The minimum absolute atomic E-state index is 0.191. The molecule has 0 aromatic heterocycles. The van der Waals surface area contributed by atoms with Crippen molar-refractivity contribution in [3.63, 3.8) is 0 Å². The summed E-state index contributed by atoms with van der Waals surface area (Å²) < 4.78 is 6.47. The quantitative estimate of drug-likeness (QED) is 0.790. The number of amides is 1. The molecule has 2 aromatic carbocycles. The standard InChI is InChI=1S/C17H18BrClN2O2/c1-21(2)8-9-23-16-7-6-14(11-15(16)19)20-17(22)12-4-3-5-13(18)10-12/h3-7,10-11H,8-9H2,1-2H3,(H,20,22). The number of hydrogen-bond donors (Lipinski definition) is 1. The van der Waals surface area contributed by atoms with Crippen LogP contribution in [0.5, 0.6) is 5.75 Å². The fourth-order valence-electron chi connectivity index (χ4n) is 1.87. The lowest BCUT2D eigenvalue weighted by Gasteiger charge is -2.13. The Morgan fingerprint density at radius 1 is 1.26 bits per heavy atom. The Morgan fingerprint density at radius 2 is 2.04 bits per heavy atom. The second-order valence-corrected chi connectivity index (χ2v) is 6.58. The van der Waals surface area contributed by atoms with Crippen molar-refractivity contribution >= 4 is 39.1 Å². The van der Waals surface area contributed by atoms with Gasteiger partial charge in [0.05, 0.1) is 5.02 Å². The van der Waals surface area contributed by atoms with Gasteiger partial charge in [-0.2, -0.15) is 0 Å². The third-order valence-electron chi connectivity index (χ3n) is 3.07. The van der Waals surface area contributed by atoms with Crippen molar-refractivity contribution < 1.29 is 9.53 Å². The SMILES string of the molecule is CN(C)CCOc1ccc(NC(=O)c2cccc(Br)c2)cc1Cl. The van der Waals surface area contributed by atoms with Crippen LogP contribution in [0.1, 0.15) is 10.4 Å². The highest BCUT2D eigenvalue weighted by molar-refractivity contribution is 9.10. The average molecular weight is 398 g/mol. The van der Waals surface area contributed by atoms with Crippen molar-refractivity contribution in [3.8, 4) is 5.75 Å². The zero-order chi connectivity index (χ0) is 16.8. The maximum atomic E-state index is 12.2. The lowest BCUT2D eigenvalue weighted by atomic mass is 10.2. The predicted octanol–water partition coefficient (Wildman–Crippen LogP) is 4.30. The molecule has 0 bridgehead atoms. The van der Waals surface area contributed by atoms with Crippen molar-refractivity contribution in [2.24, 2.45) is 0 Å². The summed E-state index contributed by atoms with van der Waals surface area (Å²) in [7, 11) is 3.96. The van der Waals surface area contributed by atoms with Crippen molar-refractivity contribution in [1.29, 1.82) is 0 Å². The summed E-state index contributed by atoms with van der Waals surface area (Å²) in [5.41, 5.74) is 1.20. The molecule has 6 heteroatoms. The highest BCUT2D eigenvalue weighted by Gasteiger charge is 2.09. The van der Waals surface area contributed by atoms with Crippen molar-refractivity contribution in [1.82, 2.24) is 4.90 Å². The molecule has 0 atom stereocenters. The van der Waals surface area contributed by atoms with Crippen molar-refractivity contribution in [2.45, 2.75) is 0 Å². The molecule has 0 radical (unpaired) electrons. The highest BCUT2D eigenvalue weighted by Crippen LogP contribution is 2.28. The summed E-state index contributed by atoms with van der Waals surface area (Å²) >= 11 is 9.55. The molecule has 0 aliphatic rings. The number of carbonyl (C=O) groups is 1. The smallest absolute Gasteiger partial charge is 0.255 e. The van der Waals surface area contributed by atoms with E-state index in [2.05, 4.69) is 21.2 Å². The van der Waals surface area contributed by atoms with E-state index >= 15 is 0 Å². The van der Waals surface area contributed by atoms with Crippen molar-refractivity contribution in [3.05, 3.63) is 57.5 Å². The molecule has 2 rings (SSSR count). The van der Waals surface area contributed by atoms with Crippen LogP contribution in [0.3, 0.4) is 0 Å². The molecule has 0 aliphatic heterocycles. The van der Waals surface area contributed by atoms with Gasteiger partial charge in [-0.3, -0.25) is 4.79 Å². The van der Waals surface area contributed by atoms with Gasteiger partial charge in [0, 0.05) is 22.3 Å². The third-order valence-corrected chi connectivity index (χ3v) is 3.86. The van der Waals surface area contributed by atoms with Gasteiger partial charge >= 0.3 is 0 Å². The van der Waals surface area contributed by atoms with Crippen LogP contribution < -0.4 is 10.1 Å². The number of nitrogens with one attached hydrogen (secondary N) is 1. The maximum absolute atomic E-state index is 12.2. The van der Waals surface area contributed by atoms with Gasteiger partial charge in [0.25, 0.3) is 5.91 Å². The van der Waals surface area contributed by atoms with Gasteiger partial charge in [0.2, 0.25) is 0 Å². The van der Waals surface area contributed by atoms with E-state index in [9.17, 15) is 4.79 Å². The summed E-state index contributed by atoms with van der Waals surface area (Å²) in [6.45, 7) is 1.36. The molecule has 0 spiro atoms. The average Bonchev–Trinajstić information content (AvgIpc) is 2.49. The maximum Gasteiger partial charge on any atom is 0.255 e. The first kappa shape index (κ1) is 17.8. The van der Waals surface area contributed by atoms with Gasteiger partial charge in [0.1, 0.15) is 12.4 Å². The zero-order valence-electron chi connectivity index (χ0n) is 13.0. The van der Waals surface area contributed by atoms with E-state index in [1.165, 1.54) is 0 Å². The van der Waals surface area contributed by atoms with E-state index in [4.69, 9.17) is 16.3 Å². The second kappa shape index (κ2) is 8.34. The summed E-state index contributed by atoms with van der Waals surface area (Å²) in [6, 6.07) is 12.4. The van der Waals surface area contributed by atoms with Gasteiger partial charge in [-0.25, -0.2) is 0 Å². The Hall–Kier alpha value is -1.56. The summed E-state index contributed by atoms with van der Waals surface area (Å²) in [6.07, 6.45) is 0. The molecule has 0 aliphatic carbocycles. The molecule has 4 nitrogen and oxygen atoms in total. The number of benzene rings is 2. The van der Waals surface area contributed by atoms with Crippen LogP contribution in [0, 0.1) is 0 Å². The van der Waals surface area contributed by atoms with Gasteiger partial charge in [-0.05, 0) is 50.5 Å². The van der Waals surface area contributed by atoms with E-state index in [0.717, 1.165) is 11.0 Å². The first-order chi connectivity index (χ1) is 11.0. The van der Waals surface area contributed by atoms with Crippen molar-refractivity contribution in [2.75, 3.05) is 32.6 Å². The number of anilines is 1. The number of carbonyl (C=O) groups excluding carboxylic acids is 1. The Bertz CT molecular complexity index is 692. The van der Waals surface area contributed by atoms with E-state index in [1.807, 2.05) is 31.1 Å². The number of ether oxygens (including phenoxy) is 1. The lowest BCUT2D eigenvalue weighted by molar-refractivity contribution is 0.102. The van der Waals surface area contributed by atoms with E-state index < -0.39 is 0 Å². The minimum Gasteiger partial charge on any atom is -0.491 e. The first-order valence-electron chi connectivity index (χ1n) is 7.09. The predicted molar refractivity (Wildman–Crippen MR) is 97.6 cm³/mol. The summed E-state index contributed by atoms with van der Waals surface area (Å²) in [4.78, 5) is 14.2. The lowest BCUT2D eigenvalue weighted by Crippen LogP contribution is -2.19. The summed E-state index contributed by atoms with van der Waals surface area (Å²) in [5, 5.41) is 3.29. The van der Waals surface area contributed by atoms with Crippen LogP contribution in [0.15, 0.2) is 46.9 Å². The highest BCUT2D eigenvalue weighted by atomic mass is 79.9. The first-order valence-corrected chi connectivity index (χ1v) is 8.27. The van der Waals surface area contributed by atoms with Crippen LogP contribution in [-0.2, 0) is 0 Å². The van der Waals surface area contributed by atoms with E-state index in [1.54, 1.807) is 30.3 Å². The molecule has 122 valence electrons. The number of halogens is 2. The molecule has 1 amide bonds. The number of nitrogens with zero attached hydrogens (tertiary/aromatic N) is 1. The molecular formula is C17H18BrClN2O2. The zero-order valence-corrected chi connectivity index (χ0v) is 15.3. The molecule has 1 N–H and O–H groups in total. The number of likely N-dealkylation sites (N-methyl/N-ethyl adjacent to an activating group) is 1. The molecule has 0 saturated carbocycles. The third kappa shape index (κ3) is 5.53. The number of rotatable bonds is 6. The monoisotopic (exact) mass is 396 g/mol. The minimum atomic E-state index is -0.191. The largest absolute Gasteiger partial charge is 0.491 e. The fraction of sp³-hybridized carbons (Fsp3) is 0.235. The van der Waals surface area contributed by atoms with E-state index in [0.29, 0.717) is 28.6 Å². The Balaban J connectivity index is 2.01. The Kier molecular flexibility index (Phi) is 6.45. The van der Waals surface area contributed by atoms with Crippen LogP contribution in [0.25, 0.3) is 0 Å². The molecule has 0 fully saturated rings. The molecule has 0 saturated heterocycles. The second-order valence-electron chi connectivity index (χ2n) is 5.26. The van der Waals surface area contributed by atoms with Crippen LogP contribution in [0.2, 0.25) is 5.02 Å². The normalized spacial score (nSPS) is 10.7. The van der Waals surface area contributed by atoms with Gasteiger partial charge in [-0.1, -0.05) is 33.6 Å². The fourth-order valence-corrected chi connectivity index (χ4v) is 2.50. The molecule has 2 aromatic rings. The molecule has 0 heterocycles. The van der Waals surface area contributed by atoms with Gasteiger partial charge < -0.3 is 15.0 Å². The molecular weight excluding hydrogens is 380 g/mol. The Morgan fingerprint density at radius 3 is 2.70 bits per heavy atom. The molecule has 0 unspecified atom stereocenters. The van der Waals surface area contributed by atoms with Crippen LogP contribution in [0.4, 0.5) is 5.69 Å². The van der Waals surface area contributed by atoms with E-state index in [-0.39, 0.29) is 5.91 Å². The van der Waals surface area contributed by atoms with Crippen LogP contribution in [-0.4, -0.2) is 38.1 Å². The molecule has 23 heavy (non-hydrogen) atoms. The van der Waals surface area contributed by atoms with Crippen LogP contribution >= 0.6 is 27.5 Å². The topological polar surface area (TPSA) is 41.6 Å². The number of hydrogen-bond acceptors (Lipinski definition) is 3. The van der Waals surface area contributed by atoms with Gasteiger partial charge in [-0.15, -0.1) is 0 Å². The summed E-state index contributed by atoms with van der Waals surface area (Å²) in [5.74, 6) is 0.414.